The lowest BCUT2D eigenvalue weighted by atomic mass is 9.99. The number of carbonyl (C=O) groups excluding carboxylic acids is 1. The van der Waals surface area contributed by atoms with Crippen molar-refractivity contribution in [2.24, 2.45) is 0 Å². The highest BCUT2D eigenvalue weighted by molar-refractivity contribution is 7.56. The molecule has 1 heterocycles. The Balaban J connectivity index is 1.63. The van der Waals surface area contributed by atoms with Crippen LogP contribution in [0.1, 0.15) is 58.8 Å². The second kappa shape index (κ2) is 8.22. The molecule has 1 fully saturated rings. The van der Waals surface area contributed by atoms with E-state index in [0.717, 1.165) is 39.9 Å². The molecule has 5 unspecified atom stereocenters. The van der Waals surface area contributed by atoms with Crippen molar-refractivity contribution >= 4 is 39.3 Å². The van der Waals surface area contributed by atoms with Crippen molar-refractivity contribution in [3.8, 4) is 0 Å². The molecule has 0 saturated heterocycles. The minimum atomic E-state index is -1.07. The Labute approximate surface area is 185 Å². The maximum absolute atomic E-state index is 14.2. The van der Waals surface area contributed by atoms with Crippen LogP contribution in [0.25, 0.3) is 0 Å². The highest BCUT2D eigenvalue weighted by Gasteiger charge is 2.36. The Morgan fingerprint density at radius 3 is 2.67 bits per heavy atom. The lowest BCUT2D eigenvalue weighted by Crippen LogP contribution is -2.28. The monoisotopic (exact) mass is 462 g/mol. The summed E-state index contributed by atoms with van der Waals surface area (Å²) in [6.07, 6.45) is 2.01. The van der Waals surface area contributed by atoms with Gasteiger partial charge in [0.1, 0.15) is 5.67 Å². The van der Waals surface area contributed by atoms with E-state index in [2.05, 4.69) is 45.2 Å². The molecule has 0 spiro atoms. The number of benzene rings is 2. The predicted octanol–water partition coefficient (Wildman–Crippen LogP) is 5.26. The Hall–Kier alpha value is -0.910. The van der Waals surface area contributed by atoms with Gasteiger partial charge in [0.25, 0.3) is 5.91 Å². The van der Waals surface area contributed by atoms with E-state index in [4.69, 9.17) is 0 Å². The smallest absolute Gasteiger partial charge is 0.258 e. The lowest BCUT2D eigenvalue weighted by Gasteiger charge is -2.24. The van der Waals surface area contributed by atoms with Gasteiger partial charge in [-0.05, 0) is 73.6 Å². The van der Waals surface area contributed by atoms with Gasteiger partial charge in [-0.3, -0.25) is 4.79 Å². The number of nitrogens with one attached hydrogen (secondary N) is 1. The van der Waals surface area contributed by atoms with Gasteiger partial charge >= 0.3 is 0 Å². The summed E-state index contributed by atoms with van der Waals surface area (Å²) in [6, 6.07) is 12.4. The number of hydrogen-bond donors (Lipinski definition) is 1. The number of rotatable bonds is 5. The quantitative estimate of drug-likeness (QED) is 0.615. The van der Waals surface area contributed by atoms with E-state index in [9.17, 15) is 9.18 Å². The third kappa shape index (κ3) is 4.63. The second-order valence-electron chi connectivity index (χ2n) is 9.07. The largest absolute Gasteiger partial charge is 0.310 e. The summed E-state index contributed by atoms with van der Waals surface area (Å²) < 4.78 is 13.9. The minimum absolute atomic E-state index is 0.0418. The molecule has 2 aromatic rings. The van der Waals surface area contributed by atoms with Crippen LogP contribution in [-0.4, -0.2) is 17.6 Å². The highest BCUT2D eigenvalue weighted by Crippen LogP contribution is 2.49. The van der Waals surface area contributed by atoms with Crippen molar-refractivity contribution in [1.82, 2.24) is 5.32 Å². The van der Waals surface area contributed by atoms with Crippen molar-refractivity contribution < 1.29 is 9.18 Å². The molecule has 3 nitrogen and oxygen atoms in total. The Bertz CT molecular complexity index is 987. The third-order valence-corrected chi connectivity index (χ3v) is 7.10. The molecule has 1 aliphatic heterocycles. The third-order valence-electron chi connectivity index (χ3n) is 6.16. The summed E-state index contributed by atoms with van der Waals surface area (Å²) in [6.45, 7) is 4.93. The van der Waals surface area contributed by atoms with Crippen molar-refractivity contribution in [3.05, 3.63) is 64.2 Å². The van der Waals surface area contributed by atoms with Gasteiger partial charge in [0.15, 0.2) is 0 Å². The number of halogens is 1. The Morgan fingerprint density at radius 2 is 2.03 bits per heavy atom. The normalized spacial score (nSPS) is 23.9. The zero-order valence-electron chi connectivity index (χ0n) is 17.5. The SMILES string of the molecule is Cc1cccc(N2Cc3c(cc(CNC4CCC(C)(F)C4)cc3C(P)(P)P)C2=O)c1. The molecular weight excluding hydrogens is 432 g/mol. The maximum Gasteiger partial charge on any atom is 0.258 e. The lowest BCUT2D eigenvalue weighted by molar-refractivity contribution is 0.0996. The Morgan fingerprint density at radius 1 is 1.27 bits per heavy atom. The van der Waals surface area contributed by atoms with Crippen LogP contribution in [0.2, 0.25) is 0 Å². The van der Waals surface area contributed by atoms with Crippen LogP contribution in [-0.2, 0) is 17.7 Å². The number of hydrogen-bond acceptors (Lipinski definition) is 2. The molecule has 1 N–H and O–H groups in total. The summed E-state index contributed by atoms with van der Waals surface area (Å²) in [4.78, 5) is 15.2. The summed E-state index contributed by atoms with van der Waals surface area (Å²) in [5.74, 6) is 0.0418. The van der Waals surface area contributed by atoms with Crippen molar-refractivity contribution in [3.63, 3.8) is 0 Å². The first kappa shape index (κ1) is 22.3. The fourth-order valence-corrected chi connectivity index (χ4v) is 5.36. The number of aryl methyl sites for hydroxylation is 1. The second-order valence-corrected chi connectivity index (χ2v) is 13.9. The van der Waals surface area contributed by atoms with E-state index < -0.39 is 5.67 Å². The zero-order chi connectivity index (χ0) is 21.7. The van der Waals surface area contributed by atoms with Crippen LogP contribution in [0.15, 0.2) is 36.4 Å². The average Bonchev–Trinajstić information content (AvgIpc) is 3.18. The molecule has 1 aliphatic carbocycles. The van der Waals surface area contributed by atoms with Gasteiger partial charge in [0.05, 0.1) is 6.54 Å². The van der Waals surface area contributed by atoms with E-state index >= 15 is 0 Å². The fraction of sp³-hybridized carbons (Fsp3) is 0.435. The number of nitrogens with zero attached hydrogens (tertiary/aromatic N) is 1. The first-order valence-corrected chi connectivity index (χ1v) is 12.1. The summed E-state index contributed by atoms with van der Waals surface area (Å²) >= 11 is 0. The molecule has 2 aliphatic rings. The van der Waals surface area contributed by atoms with Gasteiger partial charge in [0, 0.05) is 28.5 Å². The van der Waals surface area contributed by atoms with Gasteiger partial charge in [-0.15, -0.1) is 27.7 Å². The maximum atomic E-state index is 14.2. The van der Waals surface area contributed by atoms with Crippen LogP contribution < -0.4 is 10.2 Å². The molecule has 5 atom stereocenters. The molecule has 7 heteroatoms. The van der Waals surface area contributed by atoms with Crippen molar-refractivity contribution in [1.29, 1.82) is 0 Å². The van der Waals surface area contributed by atoms with Crippen LogP contribution in [0.4, 0.5) is 10.1 Å². The number of alkyl halides is 1. The van der Waals surface area contributed by atoms with E-state index in [1.54, 1.807) is 6.92 Å². The van der Waals surface area contributed by atoms with Crippen LogP contribution >= 0.6 is 27.7 Å². The van der Waals surface area contributed by atoms with Gasteiger partial charge < -0.3 is 10.2 Å². The topological polar surface area (TPSA) is 32.3 Å². The summed E-state index contributed by atoms with van der Waals surface area (Å²) in [5, 5.41) is 3.50. The molecule has 1 saturated carbocycles. The van der Waals surface area contributed by atoms with E-state index in [1.165, 1.54) is 0 Å². The zero-order valence-corrected chi connectivity index (χ0v) is 21.0. The molecule has 0 aromatic heterocycles. The molecule has 1 amide bonds. The summed E-state index contributed by atoms with van der Waals surface area (Å²) in [5.41, 5.74) is 5.01. The minimum Gasteiger partial charge on any atom is -0.310 e. The van der Waals surface area contributed by atoms with E-state index in [0.29, 0.717) is 25.9 Å². The predicted molar refractivity (Wildman–Crippen MR) is 133 cm³/mol. The molecule has 0 bridgehead atoms. The van der Waals surface area contributed by atoms with Crippen LogP contribution in [0, 0.1) is 6.92 Å². The average molecular weight is 462 g/mol. The van der Waals surface area contributed by atoms with Gasteiger partial charge in [-0.2, -0.15) is 0 Å². The standard InChI is InChI=1S/C23H30FN2OP3/c1-14-4-3-5-17(8-14)26-13-19-18(21(26)27)9-15(10-20(19)23(28,29)30)12-25-16-6-7-22(2,24)11-16/h3-5,8-10,16,25H,6-7,11-13,28-30H2,1-2H3. The summed E-state index contributed by atoms with van der Waals surface area (Å²) in [7, 11) is 8.53. The van der Waals surface area contributed by atoms with Crippen molar-refractivity contribution in [2.75, 3.05) is 4.90 Å². The van der Waals surface area contributed by atoms with Crippen LogP contribution in [0.5, 0.6) is 0 Å². The van der Waals surface area contributed by atoms with E-state index in [1.807, 2.05) is 36.1 Å². The Kier molecular flexibility index (Phi) is 6.10. The van der Waals surface area contributed by atoms with Crippen molar-refractivity contribution in [2.45, 2.75) is 62.5 Å². The molecule has 30 heavy (non-hydrogen) atoms. The molecule has 2 aromatic carbocycles. The first-order valence-electron chi connectivity index (χ1n) is 10.4. The molecule has 4 rings (SSSR count). The van der Waals surface area contributed by atoms with E-state index in [-0.39, 0.29) is 16.6 Å². The van der Waals surface area contributed by atoms with Crippen LogP contribution in [0.3, 0.4) is 0 Å². The van der Waals surface area contributed by atoms with Gasteiger partial charge in [-0.1, -0.05) is 18.2 Å². The molecule has 160 valence electrons. The highest BCUT2D eigenvalue weighted by atomic mass is 31.1. The van der Waals surface area contributed by atoms with Gasteiger partial charge in [-0.25, -0.2) is 4.39 Å². The number of carbonyl (C=O) groups is 1. The first-order chi connectivity index (χ1) is 14.0. The molecule has 0 radical (unpaired) electrons. The number of amides is 1. The number of fused-ring (bicyclic) bond motifs is 1. The molecular formula is C23H30FN2OP3. The fourth-order valence-electron chi connectivity index (χ4n) is 4.59. The van der Waals surface area contributed by atoms with Gasteiger partial charge in [0.2, 0.25) is 0 Å². The number of anilines is 1.